The number of hydrogen-bond acceptors (Lipinski definition) is 4. The van der Waals surface area contributed by atoms with Crippen molar-refractivity contribution in [2.75, 3.05) is 0 Å². The summed E-state index contributed by atoms with van der Waals surface area (Å²) in [5.74, 6) is -0.856. The van der Waals surface area contributed by atoms with Crippen molar-refractivity contribution in [1.29, 1.82) is 0 Å². The van der Waals surface area contributed by atoms with Crippen molar-refractivity contribution in [2.45, 2.75) is 38.8 Å². The summed E-state index contributed by atoms with van der Waals surface area (Å²) >= 11 is 0. The Morgan fingerprint density at radius 2 is 1.13 bits per heavy atom. The van der Waals surface area contributed by atoms with Crippen LogP contribution in [0.25, 0.3) is 0 Å². The molecule has 92 valence electrons. The summed E-state index contributed by atoms with van der Waals surface area (Å²) in [5.41, 5.74) is 19.8. The van der Waals surface area contributed by atoms with E-state index in [4.69, 9.17) is 22.9 Å². The van der Waals surface area contributed by atoms with Crippen molar-refractivity contribution in [1.82, 2.24) is 0 Å². The SMILES string of the molecule is CC[C@H](N)C(N)=O.CC[C@H](N)C(N)=O.Cl. The molecule has 2 amide bonds. The van der Waals surface area contributed by atoms with Crippen LogP contribution in [0.5, 0.6) is 0 Å². The van der Waals surface area contributed by atoms with Gasteiger partial charge in [-0.05, 0) is 12.8 Å². The van der Waals surface area contributed by atoms with Gasteiger partial charge in [0.05, 0.1) is 12.1 Å². The average molecular weight is 241 g/mol. The minimum atomic E-state index is -0.458. The van der Waals surface area contributed by atoms with Crippen LogP contribution < -0.4 is 22.9 Å². The predicted octanol–water partition coefficient (Wildman–Crippen LogP) is -1.16. The molecule has 0 spiro atoms. The maximum atomic E-state index is 10.0. The molecule has 2 atom stereocenters. The van der Waals surface area contributed by atoms with Gasteiger partial charge in [0.15, 0.2) is 0 Å². The maximum Gasteiger partial charge on any atom is 0.234 e. The van der Waals surface area contributed by atoms with E-state index in [1.807, 2.05) is 13.8 Å². The lowest BCUT2D eigenvalue weighted by molar-refractivity contribution is -0.120. The molecule has 0 bridgehead atoms. The van der Waals surface area contributed by atoms with Crippen LogP contribution in [0.1, 0.15) is 26.7 Å². The van der Waals surface area contributed by atoms with Gasteiger partial charge in [-0.1, -0.05) is 13.8 Å². The monoisotopic (exact) mass is 240 g/mol. The molecule has 0 aliphatic rings. The smallest absolute Gasteiger partial charge is 0.234 e. The van der Waals surface area contributed by atoms with Crippen LogP contribution in [-0.4, -0.2) is 23.9 Å². The third-order valence-corrected chi connectivity index (χ3v) is 1.61. The Morgan fingerprint density at radius 1 is 0.933 bits per heavy atom. The van der Waals surface area contributed by atoms with E-state index >= 15 is 0 Å². The van der Waals surface area contributed by atoms with Crippen molar-refractivity contribution in [3.8, 4) is 0 Å². The molecule has 0 saturated heterocycles. The lowest BCUT2D eigenvalue weighted by atomic mass is 10.2. The van der Waals surface area contributed by atoms with E-state index in [0.717, 1.165) is 0 Å². The Hall–Kier alpha value is -0.850. The number of halogens is 1. The first-order chi connectivity index (χ1) is 6.36. The molecule has 0 heterocycles. The molecule has 0 aliphatic heterocycles. The topological polar surface area (TPSA) is 138 Å². The number of nitrogens with two attached hydrogens (primary N) is 4. The molecule has 0 radical (unpaired) electrons. The van der Waals surface area contributed by atoms with Gasteiger partial charge < -0.3 is 22.9 Å². The third-order valence-electron chi connectivity index (χ3n) is 1.61. The molecular formula is C8H21ClN4O2. The number of hydrogen-bond donors (Lipinski definition) is 4. The van der Waals surface area contributed by atoms with Crippen LogP contribution in [0, 0.1) is 0 Å². The highest BCUT2D eigenvalue weighted by atomic mass is 35.5. The van der Waals surface area contributed by atoms with Crippen molar-refractivity contribution >= 4 is 24.2 Å². The molecule has 15 heavy (non-hydrogen) atoms. The third kappa shape index (κ3) is 13.2. The van der Waals surface area contributed by atoms with Gasteiger partial charge in [0.1, 0.15) is 0 Å². The molecule has 6 nitrogen and oxygen atoms in total. The molecule has 0 saturated carbocycles. The van der Waals surface area contributed by atoms with E-state index in [9.17, 15) is 9.59 Å². The standard InChI is InChI=1S/2C4H10N2O.ClH/c2*1-2-3(5)4(6)7;/h2*3H,2,5H2,1H3,(H2,6,7);1H/t2*3-;/m00./s1. The molecule has 0 aromatic rings. The first-order valence-electron chi connectivity index (χ1n) is 4.46. The number of primary amides is 2. The van der Waals surface area contributed by atoms with Gasteiger partial charge in [-0.3, -0.25) is 9.59 Å². The molecule has 7 heteroatoms. The first-order valence-corrected chi connectivity index (χ1v) is 4.46. The Bertz CT molecular complexity index is 169. The summed E-state index contributed by atoms with van der Waals surface area (Å²) < 4.78 is 0. The van der Waals surface area contributed by atoms with Crippen LogP contribution in [0.3, 0.4) is 0 Å². The van der Waals surface area contributed by atoms with Gasteiger partial charge in [0.25, 0.3) is 0 Å². The van der Waals surface area contributed by atoms with Gasteiger partial charge in [-0.15, -0.1) is 12.4 Å². The average Bonchev–Trinajstić information content (AvgIpc) is 2.15. The second-order valence-electron chi connectivity index (χ2n) is 2.83. The van der Waals surface area contributed by atoms with E-state index in [2.05, 4.69) is 0 Å². The van der Waals surface area contributed by atoms with Gasteiger partial charge in [-0.2, -0.15) is 0 Å². The van der Waals surface area contributed by atoms with E-state index < -0.39 is 23.9 Å². The van der Waals surface area contributed by atoms with Crippen LogP contribution in [0.2, 0.25) is 0 Å². The molecule has 0 fully saturated rings. The number of carbonyl (C=O) groups excluding carboxylic acids is 2. The molecule has 0 aromatic carbocycles. The van der Waals surface area contributed by atoms with Gasteiger partial charge in [-0.25, -0.2) is 0 Å². The highest BCUT2D eigenvalue weighted by Crippen LogP contribution is 1.80. The summed E-state index contributed by atoms with van der Waals surface area (Å²) in [5, 5.41) is 0. The normalized spacial score (nSPS) is 12.5. The van der Waals surface area contributed by atoms with Crippen molar-refractivity contribution in [2.24, 2.45) is 22.9 Å². The molecule has 0 rings (SSSR count). The minimum absolute atomic E-state index is 0. The zero-order valence-electron chi connectivity index (χ0n) is 9.10. The van der Waals surface area contributed by atoms with Gasteiger partial charge in [0, 0.05) is 0 Å². The summed E-state index contributed by atoms with van der Waals surface area (Å²) in [6, 6.07) is -0.917. The lowest BCUT2D eigenvalue weighted by Gasteiger charge is -1.98. The maximum absolute atomic E-state index is 10.0. The van der Waals surface area contributed by atoms with E-state index in [0.29, 0.717) is 12.8 Å². The first kappa shape index (κ1) is 19.7. The summed E-state index contributed by atoms with van der Waals surface area (Å²) in [4.78, 5) is 20.1. The fraction of sp³-hybridized carbons (Fsp3) is 0.750. The van der Waals surface area contributed by atoms with Crippen molar-refractivity contribution < 1.29 is 9.59 Å². The van der Waals surface area contributed by atoms with Crippen molar-refractivity contribution in [3.05, 3.63) is 0 Å². The molecule has 8 N–H and O–H groups in total. The van der Waals surface area contributed by atoms with E-state index in [1.54, 1.807) is 0 Å². The summed E-state index contributed by atoms with van der Waals surface area (Å²) in [6.45, 7) is 3.63. The fourth-order valence-corrected chi connectivity index (χ4v) is 0.402. The van der Waals surface area contributed by atoms with Crippen LogP contribution in [0.15, 0.2) is 0 Å². The largest absolute Gasteiger partial charge is 0.368 e. The molecule has 0 aliphatic carbocycles. The van der Waals surface area contributed by atoms with Crippen LogP contribution >= 0.6 is 12.4 Å². The van der Waals surface area contributed by atoms with Crippen LogP contribution in [-0.2, 0) is 9.59 Å². The fourth-order valence-electron chi connectivity index (χ4n) is 0.402. The highest BCUT2D eigenvalue weighted by molar-refractivity contribution is 5.85. The summed E-state index contributed by atoms with van der Waals surface area (Å²) in [7, 11) is 0. The Kier molecular flexibility index (Phi) is 14.7. The van der Waals surface area contributed by atoms with E-state index in [1.165, 1.54) is 0 Å². The van der Waals surface area contributed by atoms with Crippen LogP contribution in [0.4, 0.5) is 0 Å². The second kappa shape index (κ2) is 11.2. The molecule has 0 aromatic heterocycles. The van der Waals surface area contributed by atoms with Crippen molar-refractivity contribution in [3.63, 3.8) is 0 Å². The number of amides is 2. The number of rotatable bonds is 4. The molecule has 0 unspecified atom stereocenters. The second-order valence-corrected chi connectivity index (χ2v) is 2.83. The van der Waals surface area contributed by atoms with E-state index in [-0.39, 0.29) is 12.4 Å². The highest BCUT2D eigenvalue weighted by Gasteiger charge is 2.03. The zero-order chi connectivity index (χ0) is 11.7. The Morgan fingerprint density at radius 3 is 1.13 bits per heavy atom. The lowest BCUT2D eigenvalue weighted by Crippen LogP contribution is -2.35. The quantitative estimate of drug-likeness (QED) is 0.492. The van der Waals surface area contributed by atoms with Gasteiger partial charge >= 0.3 is 0 Å². The van der Waals surface area contributed by atoms with Gasteiger partial charge in [0.2, 0.25) is 11.8 Å². The minimum Gasteiger partial charge on any atom is -0.368 e. The Balaban J connectivity index is -0.000000180. The molecular weight excluding hydrogens is 220 g/mol. The summed E-state index contributed by atoms with van der Waals surface area (Å²) in [6.07, 6.45) is 1.24. The number of carbonyl (C=O) groups is 2. The Labute approximate surface area is 96.1 Å². The predicted molar refractivity (Wildman–Crippen MR) is 62.2 cm³/mol. The zero-order valence-corrected chi connectivity index (χ0v) is 9.92.